The average Bonchev–Trinajstić information content (AvgIpc) is 3.18. The van der Waals surface area contributed by atoms with Crippen molar-refractivity contribution in [2.45, 2.75) is 13.1 Å². The fourth-order valence-electron chi connectivity index (χ4n) is 3.54. The molecule has 0 saturated heterocycles. The monoisotopic (exact) mass is 416 g/mol. The molecule has 0 aliphatic heterocycles. The Morgan fingerprint density at radius 3 is 2.73 bits per heavy atom. The van der Waals surface area contributed by atoms with Crippen LogP contribution in [0.5, 0.6) is 11.6 Å². The fraction of sp³-hybridized carbons (Fsp3) is 0.0833. The first-order valence-corrected chi connectivity index (χ1v) is 9.55. The Morgan fingerprint density at radius 2 is 1.83 bits per heavy atom. The van der Waals surface area contributed by atoms with Crippen LogP contribution in [0.4, 0.5) is 0 Å². The molecule has 5 aromatic rings. The van der Waals surface area contributed by atoms with Gasteiger partial charge >= 0.3 is 0 Å². The number of fused-ring (bicyclic) bond motifs is 2. The van der Waals surface area contributed by atoms with E-state index in [4.69, 9.17) is 15.5 Å². The Morgan fingerprint density at radius 1 is 0.933 bits per heavy atom. The van der Waals surface area contributed by atoms with Gasteiger partial charge in [-0.2, -0.15) is 0 Å². The SMILES string of the molecule is Cl.NCc1ccnc(Oc2cccc3c2ccn3Cc2ccc3ccccc3n2)c1. The minimum Gasteiger partial charge on any atom is -0.438 e. The summed E-state index contributed by atoms with van der Waals surface area (Å²) in [7, 11) is 0. The van der Waals surface area contributed by atoms with Crippen LogP contribution in [0.1, 0.15) is 11.3 Å². The number of para-hydroxylation sites is 1. The summed E-state index contributed by atoms with van der Waals surface area (Å²) in [5.41, 5.74) is 9.83. The molecule has 30 heavy (non-hydrogen) atoms. The summed E-state index contributed by atoms with van der Waals surface area (Å²) in [5, 5.41) is 2.18. The van der Waals surface area contributed by atoms with Gasteiger partial charge in [0.05, 0.1) is 23.3 Å². The van der Waals surface area contributed by atoms with E-state index in [0.29, 0.717) is 19.0 Å². The predicted octanol–water partition coefficient (Wildman–Crippen LogP) is 5.31. The zero-order valence-corrected chi connectivity index (χ0v) is 17.0. The molecule has 0 radical (unpaired) electrons. The lowest BCUT2D eigenvalue weighted by molar-refractivity contribution is 0.467. The number of ether oxygens (including phenoxy) is 1. The van der Waals surface area contributed by atoms with Crippen molar-refractivity contribution >= 4 is 34.2 Å². The van der Waals surface area contributed by atoms with Crippen LogP contribution in [0.25, 0.3) is 21.8 Å². The molecule has 2 aromatic carbocycles. The molecule has 6 heteroatoms. The Labute approximate surface area is 180 Å². The smallest absolute Gasteiger partial charge is 0.219 e. The summed E-state index contributed by atoms with van der Waals surface area (Å²) in [5.74, 6) is 1.32. The van der Waals surface area contributed by atoms with Crippen LogP contribution >= 0.6 is 12.4 Å². The van der Waals surface area contributed by atoms with E-state index >= 15 is 0 Å². The maximum Gasteiger partial charge on any atom is 0.219 e. The lowest BCUT2D eigenvalue weighted by Gasteiger charge is -2.09. The molecule has 0 unspecified atom stereocenters. The molecule has 3 aromatic heterocycles. The highest BCUT2D eigenvalue weighted by Crippen LogP contribution is 2.30. The molecule has 0 atom stereocenters. The first-order valence-electron chi connectivity index (χ1n) is 9.55. The van der Waals surface area contributed by atoms with Crippen LogP contribution in [0.2, 0.25) is 0 Å². The second kappa shape index (κ2) is 8.53. The summed E-state index contributed by atoms with van der Waals surface area (Å²) >= 11 is 0. The van der Waals surface area contributed by atoms with Crippen molar-refractivity contribution < 1.29 is 4.74 Å². The average molecular weight is 417 g/mol. The summed E-state index contributed by atoms with van der Waals surface area (Å²) in [6, 6.07) is 24.2. The molecular formula is C24H21ClN4O. The van der Waals surface area contributed by atoms with Gasteiger partial charge in [0.1, 0.15) is 5.75 Å². The van der Waals surface area contributed by atoms with Crippen LogP contribution in [0.15, 0.2) is 85.2 Å². The number of rotatable bonds is 5. The maximum atomic E-state index is 6.06. The molecule has 3 heterocycles. The summed E-state index contributed by atoms with van der Waals surface area (Å²) < 4.78 is 8.24. The number of hydrogen-bond acceptors (Lipinski definition) is 4. The number of pyridine rings is 2. The third kappa shape index (κ3) is 3.85. The number of aromatic nitrogens is 3. The molecule has 2 N–H and O–H groups in total. The van der Waals surface area contributed by atoms with Gasteiger partial charge in [-0.25, -0.2) is 4.98 Å². The molecule has 150 valence electrons. The lowest BCUT2D eigenvalue weighted by atomic mass is 10.2. The van der Waals surface area contributed by atoms with Crippen molar-refractivity contribution in [3.05, 3.63) is 96.4 Å². The van der Waals surface area contributed by atoms with Gasteiger partial charge in [-0.1, -0.05) is 30.3 Å². The van der Waals surface area contributed by atoms with Gasteiger partial charge in [0, 0.05) is 35.8 Å². The Balaban J connectivity index is 0.00000218. The Kier molecular flexibility index (Phi) is 5.65. The zero-order valence-electron chi connectivity index (χ0n) is 16.2. The van der Waals surface area contributed by atoms with Crippen molar-refractivity contribution in [3.63, 3.8) is 0 Å². The van der Waals surface area contributed by atoms with Crippen molar-refractivity contribution in [1.82, 2.24) is 14.5 Å². The van der Waals surface area contributed by atoms with E-state index < -0.39 is 0 Å². The van der Waals surface area contributed by atoms with Crippen LogP contribution in [-0.4, -0.2) is 14.5 Å². The fourth-order valence-corrected chi connectivity index (χ4v) is 3.54. The van der Waals surface area contributed by atoms with Crippen molar-refractivity contribution in [2.75, 3.05) is 0 Å². The van der Waals surface area contributed by atoms with E-state index in [2.05, 4.69) is 46.1 Å². The first kappa shape index (κ1) is 19.9. The second-order valence-corrected chi connectivity index (χ2v) is 6.94. The van der Waals surface area contributed by atoms with Crippen molar-refractivity contribution in [1.29, 1.82) is 0 Å². The standard InChI is InChI=1S/C24H20N4O.ClH/c25-15-17-10-12-26-24(14-17)29-23-7-3-6-22-20(23)11-13-28(22)16-19-9-8-18-4-1-2-5-21(18)27-19;/h1-14H,15-16,25H2;1H. The lowest BCUT2D eigenvalue weighted by Crippen LogP contribution is -2.00. The van der Waals surface area contributed by atoms with Gasteiger partial charge in [-0.15, -0.1) is 12.4 Å². The molecule has 0 fully saturated rings. The third-order valence-electron chi connectivity index (χ3n) is 5.01. The zero-order chi connectivity index (χ0) is 19.6. The van der Waals surface area contributed by atoms with E-state index in [1.54, 1.807) is 6.20 Å². The van der Waals surface area contributed by atoms with Gasteiger partial charge in [0.25, 0.3) is 0 Å². The van der Waals surface area contributed by atoms with Gasteiger partial charge in [0.15, 0.2) is 0 Å². The normalized spacial score (nSPS) is 10.8. The summed E-state index contributed by atoms with van der Waals surface area (Å²) in [6.07, 6.45) is 3.78. The molecule has 0 bridgehead atoms. The van der Waals surface area contributed by atoms with Crippen LogP contribution in [-0.2, 0) is 13.1 Å². The largest absolute Gasteiger partial charge is 0.438 e. The van der Waals surface area contributed by atoms with Gasteiger partial charge in [0.2, 0.25) is 5.88 Å². The van der Waals surface area contributed by atoms with E-state index in [0.717, 1.165) is 38.8 Å². The van der Waals surface area contributed by atoms with Crippen LogP contribution in [0, 0.1) is 0 Å². The quantitative estimate of drug-likeness (QED) is 0.422. The van der Waals surface area contributed by atoms with E-state index in [1.807, 2.05) is 42.5 Å². The highest BCUT2D eigenvalue weighted by atomic mass is 35.5. The van der Waals surface area contributed by atoms with Crippen molar-refractivity contribution in [3.8, 4) is 11.6 Å². The maximum absolute atomic E-state index is 6.06. The number of halogens is 1. The Hall–Kier alpha value is -3.41. The van der Waals surface area contributed by atoms with Gasteiger partial charge in [-0.3, -0.25) is 4.98 Å². The Bertz CT molecular complexity index is 1320. The molecule has 0 amide bonds. The van der Waals surface area contributed by atoms with Crippen LogP contribution in [0.3, 0.4) is 0 Å². The number of hydrogen-bond donors (Lipinski definition) is 1. The predicted molar refractivity (Wildman–Crippen MR) is 122 cm³/mol. The highest BCUT2D eigenvalue weighted by Gasteiger charge is 2.09. The summed E-state index contributed by atoms with van der Waals surface area (Å²) in [4.78, 5) is 9.09. The minimum absolute atomic E-state index is 0. The molecule has 5 nitrogen and oxygen atoms in total. The molecule has 0 spiro atoms. The van der Waals surface area contributed by atoms with Crippen LogP contribution < -0.4 is 10.5 Å². The molecular weight excluding hydrogens is 396 g/mol. The number of nitrogens with two attached hydrogens (primary N) is 1. The minimum atomic E-state index is 0. The van der Waals surface area contributed by atoms with Gasteiger partial charge in [-0.05, 0) is 42.0 Å². The van der Waals surface area contributed by atoms with Gasteiger partial charge < -0.3 is 15.0 Å². The summed E-state index contributed by atoms with van der Waals surface area (Å²) in [6.45, 7) is 1.15. The molecule has 5 rings (SSSR count). The second-order valence-electron chi connectivity index (χ2n) is 6.94. The number of nitrogens with zero attached hydrogens (tertiary/aromatic N) is 3. The highest BCUT2D eigenvalue weighted by molar-refractivity contribution is 5.87. The molecule has 0 aliphatic rings. The third-order valence-corrected chi connectivity index (χ3v) is 5.01. The van der Waals surface area contributed by atoms with Crippen molar-refractivity contribution in [2.24, 2.45) is 5.73 Å². The molecule has 0 aliphatic carbocycles. The molecule has 0 saturated carbocycles. The number of benzene rings is 2. The van der Waals surface area contributed by atoms with E-state index in [9.17, 15) is 0 Å². The topological polar surface area (TPSA) is 66.0 Å². The van der Waals surface area contributed by atoms with E-state index in [-0.39, 0.29) is 12.4 Å². The first-order chi connectivity index (χ1) is 14.3. The van der Waals surface area contributed by atoms with E-state index in [1.165, 1.54) is 0 Å².